The highest BCUT2D eigenvalue weighted by molar-refractivity contribution is 7.89. The molecule has 1 unspecified atom stereocenters. The van der Waals surface area contributed by atoms with E-state index in [2.05, 4.69) is 17.1 Å². The maximum absolute atomic E-state index is 12.4. The number of H-pyrrole nitrogens is 1. The molecular formula is C11H19N3O3S. The molecule has 0 radical (unpaired) electrons. The van der Waals surface area contributed by atoms with Gasteiger partial charge in [-0.15, -0.1) is 0 Å². The third-order valence-corrected chi connectivity index (χ3v) is 5.39. The first-order chi connectivity index (χ1) is 8.59. The summed E-state index contributed by atoms with van der Waals surface area (Å²) in [5.41, 5.74) is 0.327. The van der Waals surface area contributed by atoms with Crippen molar-refractivity contribution >= 4 is 10.0 Å². The molecule has 1 aliphatic rings. The molecule has 7 heteroatoms. The largest absolute Gasteiger partial charge is 0.392 e. The predicted molar refractivity (Wildman–Crippen MR) is 66.3 cm³/mol. The lowest BCUT2D eigenvalue weighted by molar-refractivity contribution is 0.258. The molecule has 18 heavy (non-hydrogen) atoms. The normalized spacial score (nSPS) is 22.2. The molecule has 1 fully saturated rings. The molecular weight excluding hydrogens is 254 g/mol. The van der Waals surface area contributed by atoms with Crippen LogP contribution in [0.5, 0.6) is 0 Å². The Bertz CT molecular complexity index is 497. The van der Waals surface area contributed by atoms with Crippen LogP contribution >= 0.6 is 0 Å². The zero-order valence-electron chi connectivity index (χ0n) is 10.5. The van der Waals surface area contributed by atoms with Crippen molar-refractivity contribution in [3.8, 4) is 0 Å². The molecule has 1 atom stereocenters. The number of hydrogen-bond acceptors (Lipinski definition) is 4. The molecule has 2 rings (SSSR count). The fourth-order valence-electron chi connectivity index (χ4n) is 2.34. The average Bonchev–Trinajstić information content (AvgIpc) is 2.88. The smallest absolute Gasteiger partial charge is 0.260 e. The molecule has 0 spiro atoms. The van der Waals surface area contributed by atoms with E-state index in [4.69, 9.17) is 5.11 Å². The summed E-state index contributed by atoms with van der Waals surface area (Å²) >= 11 is 0. The van der Waals surface area contributed by atoms with Gasteiger partial charge >= 0.3 is 0 Å². The minimum absolute atomic E-state index is 0.0294. The van der Waals surface area contributed by atoms with Crippen molar-refractivity contribution in [2.45, 2.75) is 37.8 Å². The second-order valence-corrected chi connectivity index (χ2v) is 6.54. The molecule has 2 heterocycles. The van der Waals surface area contributed by atoms with E-state index in [1.54, 1.807) is 0 Å². The summed E-state index contributed by atoms with van der Waals surface area (Å²) in [4.78, 5) is 0. The number of nitrogens with zero attached hydrogens (tertiary/aromatic N) is 2. The van der Waals surface area contributed by atoms with E-state index < -0.39 is 10.0 Å². The van der Waals surface area contributed by atoms with E-state index in [0.29, 0.717) is 24.6 Å². The standard InChI is InChI=1S/C11H19N3O3S/c1-2-9-4-3-5-14(7-9)18(16,17)11-10(8-15)6-12-13-11/h6,9,15H,2-5,7-8H2,1H3,(H,12,13). The van der Waals surface area contributed by atoms with Crippen molar-refractivity contribution in [3.63, 3.8) is 0 Å². The number of sulfonamides is 1. The van der Waals surface area contributed by atoms with Crippen LogP contribution in [0.3, 0.4) is 0 Å². The summed E-state index contributed by atoms with van der Waals surface area (Å²) in [6, 6.07) is 0. The van der Waals surface area contributed by atoms with E-state index in [1.807, 2.05) is 0 Å². The van der Waals surface area contributed by atoms with Crippen molar-refractivity contribution in [2.24, 2.45) is 5.92 Å². The Morgan fingerprint density at radius 1 is 1.61 bits per heavy atom. The van der Waals surface area contributed by atoms with Crippen LogP contribution in [0.1, 0.15) is 31.7 Å². The van der Waals surface area contributed by atoms with Crippen molar-refractivity contribution in [1.29, 1.82) is 0 Å². The summed E-state index contributed by atoms with van der Waals surface area (Å²) < 4.78 is 26.4. The molecule has 2 N–H and O–H groups in total. The monoisotopic (exact) mass is 273 g/mol. The van der Waals surface area contributed by atoms with Crippen molar-refractivity contribution < 1.29 is 13.5 Å². The molecule has 0 amide bonds. The van der Waals surface area contributed by atoms with E-state index in [0.717, 1.165) is 19.3 Å². The Balaban J connectivity index is 2.25. The lowest BCUT2D eigenvalue weighted by atomic mass is 9.97. The Labute approximate surface area is 107 Å². The highest BCUT2D eigenvalue weighted by Gasteiger charge is 2.32. The number of nitrogens with one attached hydrogen (secondary N) is 1. The molecule has 0 bridgehead atoms. The Hall–Kier alpha value is -0.920. The summed E-state index contributed by atoms with van der Waals surface area (Å²) in [7, 11) is -3.55. The van der Waals surface area contributed by atoms with Crippen molar-refractivity contribution in [3.05, 3.63) is 11.8 Å². The Morgan fingerprint density at radius 3 is 3.06 bits per heavy atom. The molecule has 1 aliphatic heterocycles. The lowest BCUT2D eigenvalue weighted by Gasteiger charge is -2.31. The van der Waals surface area contributed by atoms with E-state index in [9.17, 15) is 8.42 Å². The van der Waals surface area contributed by atoms with Crippen molar-refractivity contribution in [2.75, 3.05) is 13.1 Å². The third-order valence-electron chi connectivity index (χ3n) is 3.51. The van der Waals surface area contributed by atoms with Gasteiger partial charge in [0.15, 0.2) is 5.03 Å². The van der Waals surface area contributed by atoms with Crippen molar-refractivity contribution in [1.82, 2.24) is 14.5 Å². The highest BCUT2D eigenvalue weighted by atomic mass is 32.2. The molecule has 0 aliphatic carbocycles. The Morgan fingerprint density at radius 2 is 2.39 bits per heavy atom. The van der Waals surface area contributed by atoms with E-state index in [1.165, 1.54) is 10.5 Å². The number of aliphatic hydroxyl groups is 1. The molecule has 1 aromatic rings. The quantitative estimate of drug-likeness (QED) is 0.846. The van der Waals surface area contributed by atoms with Gasteiger partial charge in [-0.25, -0.2) is 8.42 Å². The van der Waals surface area contributed by atoms with Gasteiger partial charge in [-0.05, 0) is 18.8 Å². The summed E-state index contributed by atoms with van der Waals surface area (Å²) in [5, 5.41) is 15.3. The van der Waals surface area contributed by atoms with Crippen LogP contribution in [-0.4, -0.2) is 41.1 Å². The van der Waals surface area contributed by atoms with E-state index in [-0.39, 0.29) is 11.6 Å². The van der Waals surface area contributed by atoms with Gasteiger partial charge in [0.1, 0.15) is 0 Å². The summed E-state index contributed by atoms with van der Waals surface area (Å²) in [6.45, 7) is 2.86. The topological polar surface area (TPSA) is 86.3 Å². The van der Waals surface area contributed by atoms with Gasteiger partial charge in [0.05, 0.1) is 12.8 Å². The minimum atomic E-state index is -3.55. The molecule has 0 saturated carbocycles. The minimum Gasteiger partial charge on any atom is -0.392 e. The number of aromatic amines is 1. The zero-order chi connectivity index (χ0) is 13.2. The van der Waals surface area contributed by atoms with Gasteiger partial charge in [0.2, 0.25) is 0 Å². The maximum atomic E-state index is 12.4. The third kappa shape index (κ3) is 2.43. The fraction of sp³-hybridized carbons (Fsp3) is 0.727. The second-order valence-electron chi connectivity index (χ2n) is 4.66. The number of aliphatic hydroxyl groups excluding tert-OH is 1. The Kier molecular flexibility index (Phi) is 4.04. The molecule has 102 valence electrons. The van der Waals surface area contributed by atoms with Crippen LogP contribution in [-0.2, 0) is 16.6 Å². The van der Waals surface area contributed by atoms with Gasteiger partial charge in [0, 0.05) is 18.7 Å². The molecule has 1 saturated heterocycles. The van der Waals surface area contributed by atoms with Gasteiger partial charge in [-0.1, -0.05) is 13.3 Å². The maximum Gasteiger partial charge on any atom is 0.260 e. The van der Waals surface area contributed by atoms with Gasteiger partial charge < -0.3 is 5.11 Å². The molecule has 1 aromatic heterocycles. The van der Waals surface area contributed by atoms with Gasteiger partial charge in [-0.2, -0.15) is 9.40 Å². The van der Waals surface area contributed by atoms with Crippen LogP contribution in [0, 0.1) is 5.92 Å². The van der Waals surface area contributed by atoms with Crippen LogP contribution in [0.15, 0.2) is 11.2 Å². The van der Waals surface area contributed by atoms with Gasteiger partial charge in [-0.3, -0.25) is 5.10 Å². The lowest BCUT2D eigenvalue weighted by Crippen LogP contribution is -2.40. The van der Waals surface area contributed by atoms with Crippen LogP contribution in [0.4, 0.5) is 0 Å². The van der Waals surface area contributed by atoms with Crippen LogP contribution in [0.25, 0.3) is 0 Å². The fourth-order valence-corrected chi connectivity index (χ4v) is 3.99. The first-order valence-corrected chi connectivity index (χ1v) is 7.66. The van der Waals surface area contributed by atoms with Crippen LogP contribution < -0.4 is 0 Å². The van der Waals surface area contributed by atoms with Gasteiger partial charge in [0.25, 0.3) is 10.0 Å². The number of hydrogen-bond donors (Lipinski definition) is 2. The summed E-state index contributed by atoms with van der Waals surface area (Å²) in [5.74, 6) is 0.425. The van der Waals surface area contributed by atoms with E-state index >= 15 is 0 Å². The number of aromatic nitrogens is 2. The first kappa shape index (κ1) is 13.5. The highest BCUT2D eigenvalue weighted by Crippen LogP contribution is 2.25. The first-order valence-electron chi connectivity index (χ1n) is 6.22. The zero-order valence-corrected chi connectivity index (χ0v) is 11.3. The summed E-state index contributed by atoms with van der Waals surface area (Å²) in [6.07, 6.45) is 4.31. The average molecular weight is 273 g/mol. The predicted octanol–water partition coefficient (Wildman–Crippen LogP) is 0.713. The number of rotatable bonds is 4. The molecule has 6 nitrogen and oxygen atoms in total. The number of piperidine rings is 1. The SMILES string of the molecule is CCC1CCCN(S(=O)(=O)c2[nH]ncc2CO)C1. The second kappa shape index (κ2) is 5.38. The van der Waals surface area contributed by atoms with Crippen LogP contribution in [0.2, 0.25) is 0 Å². The molecule has 0 aromatic carbocycles.